The number of para-hydroxylation sites is 1. The highest BCUT2D eigenvalue weighted by Crippen LogP contribution is 2.32. The summed E-state index contributed by atoms with van der Waals surface area (Å²) in [5.74, 6) is 1.77. The van der Waals surface area contributed by atoms with Crippen molar-refractivity contribution in [2.75, 3.05) is 6.54 Å². The zero-order chi connectivity index (χ0) is 15.2. The normalized spacial score (nSPS) is 14.5. The summed E-state index contributed by atoms with van der Waals surface area (Å²) < 4.78 is 7.16. The Hall–Kier alpha value is -0.800. The Morgan fingerprint density at radius 2 is 2.05 bits per heavy atom. The summed E-state index contributed by atoms with van der Waals surface area (Å²) in [6.45, 7) is 7.82. The molecule has 0 aliphatic heterocycles. The molecule has 0 aliphatic rings. The maximum atomic E-state index is 6.13. The number of halogens is 1. The molecule has 1 N–H and O–H groups in total. The van der Waals surface area contributed by atoms with E-state index in [2.05, 4.69) is 60.2 Å². The molecule has 3 heteroatoms. The maximum Gasteiger partial charge on any atom is 0.148 e. The predicted molar refractivity (Wildman–Crippen MR) is 93.6 cm³/mol. The average molecular weight is 352 g/mol. The lowest BCUT2D eigenvalue weighted by atomic mass is 9.96. The van der Waals surface area contributed by atoms with E-state index in [0.29, 0.717) is 12.0 Å². The lowest BCUT2D eigenvalue weighted by Crippen LogP contribution is -2.23. The molecule has 0 saturated carbocycles. The van der Waals surface area contributed by atoms with Crippen molar-refractivity contribution < 1.29 is 4.42 Å². The van der Waals surface area contributed by atoms with Gasteiger partial charge in [-0.25, -0.2) is 0 Å². The smallest absolute Gasteiger partial charge is 0.148 e. The molecule has 116 valence electrons. The molecule has 0 fully saturated rings. The molecule has 0 bridgehead atoms. The van der Waals surface area contributed by atoms with Gasteiger partial charge in [0.1, 0.15) is 11.3 Å². The molecule has 21 heavy (non-hydrogen) atoms. The van der Waals surface area contributed by atoms with E-state index in [1.807, 2.05) is 6.07 Å². The van der Waals surface area contributed by atoms with Crippen LogP contribution in [0.3, 0.4) is 0 Å². The molecule has 2 rings (SSSR count). The SMILES string of the molecule is CCCNC(CC(C)CCC)c1cc2cccc(Br)c2o1. The van der Waals surface area contributed by atoms with Crippen LogP contribution in [-0.2, 0) is 0 Å². The number of benzene rings is 1. The molecule has 0 amide bonds. The van der Waals surface area contributed by atoms with Crippen LogP contribution in [-0.4, -0.2) is 6.54 Å². The highest BCUT2D eigenvalue weighted by molar-refractivity contribution is 9.10. The van der Waals surface area contributed by atoms with Gasteiger partial charge in [0.2, 0.25) is 0 Å². The van der Waals surface area contributed by atoms with Gasteiger partial charge in [-0.2, -0.15) is 0 Å². The molecule has 0 saturated heterocycles. The fourth-order valence-electron chi connectivity index (χ4n) is 2.85. The summed E-state index contributed by atoms with van der Waals surface area (Å²) >= 11 is 3.57. The van der Waals surface area contributed by atoms with Crippen LogP contribution in [0.5, 0.6) is 0 Å². The van der Waals surface area contributed by atoms with E-state index in [1.165, 1.54) is 18.2 Å². The minimum atomic E-state index is 0.311. The predicted octanol–water partition coefficient (Wildman–Crippen LogP) is 6.06. The summed E-state index contributed by atoms with van der Waals surface area (Å²) in [5.41, 5.74) is 0.957. The van der Waals surface area contributed by atoms with Gasteiger partial charge in [-0.15, -0.1) is 0 Å². The summed E-state index contributed by atoms with van der Waals surface area (Å²) in [6.07, 6.45) is 4.79. The Morgan fingerprint density at radius 3 is 2.71 bits per heavy atom. The van der Waals surface area contributed by atoms with E-state index < -0.39 is 0 Å². The molecular weight excluding hydrogens is 326 g/mol. The van der Waals surface area contributed by atoms with Gasteiger partial charge in [-0.1, -0.05) is 45.7 Å². The van der Waals surface area contributed by atoms with Crippen molar-refractivity contribution in [2.45, 2.75) is 52.5 Å². The maximum absolute atomic E-state index is 6.13. The molecule has 2 nitrogen and oxygen atoms in total. The topological polar surface area (TPSA) is 25.2 Å². The molecular formula is C18H26BrNO. The van der Waals surface area contributed by atoms with Crippen molar-refractivity contribution in [3.63, 3.8) is 0 Å². The van der Waals surface area contributed by atoms with E-state index in [4.69, 9.17) is 4.42 Å². The Morgan fingerprint density at radius 1 is 1.24 bits per heavy atom. The summed E-state index contributed by atoms with van der Waals surface area (Å²) in [4.78, 5) is 0. The van der Waals surface area contributed by atoms with E-state index in [9.17, 15) is 0 Å². The standard InChI is InChI=1S/C18H26BrNO/c1-4-7-13(3)11-16(20-10-5-2)17-12-14-8-6-9-15(19)18(14)21-17/h6,8-9,12-13,16,20H,4-5,7,10-11H2,1-3H3. The molecule has 2 unspecified atom stereocenters. The molecule has 0 aliphatic carbocycles. The van der Waals surface area contributed by atoms with Gasteiger partial charge < -0.3 is 9.73 Å². The Kier molecular flexibility index (Phi) is 6.31. The number of fused-ring (bicyclic) bond motifs is 1. The highest BCUT2D eigenvalue weighted by atomic mass is 79.9. The second-order valence-electron chi connectivity index (χ2n) is 5.94. The van der Waals surface area contributed by atoms with Gasteiger partial charge in [0.05, 0.1) is 10.5 Å². The Balaban J connectivity index is 2.22. The van der Waals surface area contributed by atoms with Crippen molar-refractivity contribution in [3.05, 3.63) is 34.5 Å². The molecule has 0 spiro atoms. The first-order valence-electron chi connectivity index (χ1n) is 8.07. The fraction of sp³-hybridized carbons (Fsp3) is 0.556. The van der Waals surface area contributed by atoms with Gasteiger partial charge in [0, 0.05) is 5.39 Å². The van der Waals surface area contributed by atoms with Gasteiger partial charge in [-0.3, -0.25) is 0 Å². The van der Waals surface area contributed by atoms with E-state index >= 15 is 0 Å². The van der Waals surface area contributed by atoms with Gasteiger partial charge >= 0.3 is 0 Å². The Bertz CT molecular complexity index is 563. The summed E-state index contributed by atoms with van der Waals surface area (Å²) in [5, 5.41) is 4.82. The Labute approximate surface area is 136 Å². The average Bonchev–Trinajstić information content (AvgIpc) is 2.89. The highest BCUT2D eigenvalue weighted by Gasteiger charge is 2.19. The first-order valence-corrected chi connectivity index (χ1v) is 8.86. The second kappa shape index (κ2) is 8.00. The third kappa shape index (κ3) is 4.33. The summed E-state index contributed by atoms with van der Waals surface area (Å²) in [6, 6.07) is 8.70. The van der Waals surface area contributed by atoms with Crippen LogP contribution < -0.4 is 5.32 Å². The molecule has 1 heterocycles. The van der Waals surface area contributed by atoms with Gasteiger partial charge in [0.25, 0.3) is 0 Å². The van der Waals surface area contributed by atoms with Crippen molar-refractivity contribution in [3.8, 4) is 0 Å². The van der Waals surface area contributed by atoms with Crippen LogP contribution >= 0.6 is 15.9 Å². The molecule has 0 radical (unpaired) electrons. The molecule has 2 aromatic rings. The van der Waals surface area contributed by atoms with E-state index in [0.717, 1.165) is 35.2 Å². The number of hydrogen-bond acceptors (Lipinski definition) is 2. The zero-order valence-corrected chi connectivity index (χ0v) is 14.9. The van der Waals surface area contributed by atoms with Crippen LogP contribution in [0.25, 0.3) is 11.0 Å². The number of furan rings is 1. The molecule has 1 aromatic carbocycles. The van der Waals surface area contributed by atoms with Crippen LogP contribution in [0.15, 0.2) is 33.2 Å². The quantitative estimate of drug-likeness (QED) is 0.624. The van der Waals surface area contributed by atoms with E-state index in [-0.39, 0.29) is 0 Å². The minimum Gasteiger partial charge on any atom is -0.458 e. The van der Waals surface area contributed by atoms with Crippen LogP contribution in [0.4, 0.5) is 0 Å². The lowest BCUT2D eigenvalue weighted by molar-refractivity contribution is 0.347. The fourth-order valence-corrected chi connectivity index (χ4v) is 3.31. The minimum absolute atomic E-state index is 0.311. The summed E-state index contributed by atoms with van der Waals surface area (Å²) in [7, 11) is 0. The van der Waals surface area contributed by atoms with Crippen molar-refractivity contribution in [2.24, 2.45) is 5.92 Å². The first-order chi connectivity index (χ1) is 10.2. The number of nitrogens with one attached hydrogen (secondary N) is 1. The van der Waals surface area contributed by atoms with Crippen LogP contribution in [0.2, 0.25) is 0 Å². The molecule has 1 aromatic heterocycles. The van der Waals surface area contributed by atoms with Gasteiger partial charge in [0.15, 0.2) is 0 Å². The monoisotopic (exact) mass is 351 g/mol. The van der Waals surface area contributed by atoms with Crippen molar-refractivity contribution >= 4 is 26.9 Å². The second-order valence-corrected chi connectivity index (χ2v) is 6.80. The molecule has 2 atom stereocenters. The van der Waals surface area contributed by atoms with E-state index in [1.54, 1.807) is 0 Å². The number of rotatable bonds is 8. The van der Waals surface area contributed by atoms with Gasteiger partial charge in [-0.05, 0) is 53.4 Å². The third-order valence-electron chi connectivity index (χ3n) is 3.92. The number of hydrogen-bond donors (Lipinski definition) is 1. The first kappa shape index (κ1) is 16.6. The van der Waals surface area contributed by atoms with Crippen LogP contribution in [0, 0.1) is 5.92 Å². The van der Waals surface area contributed by atoms with Crippen molar-refractivity contribution in [1.29, 1.82) is 0 Å². The van der Waals surface area contributed by atoms with Crippen molar-refractivity contribution in [1.82, 2.24) is 5.32 Å². The largest absolute Gasteiger partial charge is 0.458 e. The lowest BCUT2D eigenvalue weighted by Gasteiger charge is -2.20. The van der Waals surface area contributed by atoms with Crippen LogP contribution in [0.1, 0.15) is 58.3 Å². The zero-order valence-electron chi connectivity index (χ0n) is 13.3. The third-order valence-corrected chi connectivity index (χ3v) is 4.54.